The lowest BCUT2D eigenvalue weighted by Gasteiger charge is -2.27. The maximum atomic E-state index is 15.1. The second-order valence-electron chi connectivity index (χ2n) is 7.99. The summed E-state index contributed by atoms with van der Waals surface area (Å²) in [5.41, 5.74) is 8.25. The molecule has 0 fully saturated rings. The molecule has 172 valence electrons. The zero-order valence-corrected chi connectivity index (χ0v) is 18.8. The van der Waals surface area contributed by atoms with Crippen LogP contribution in [-0.4, -0.2) is 36.1 Å². The van der Waals surface area contributed by atoms with E-state index in [-0.39, 0.29) is 22.9 Å². The number of anilines is 2. The standard InChI is InChI=1S/C25H21FN4O3S/c26-21-12-16(9-10-20(21)22-13-29-25(27)14-28-22)19-6-2-4-8-24(19)34(32,33)30-18(15-31)11-17-5-1-3-7-23(17)30/h1-10,12-14,18,31H,11,15H2,(H2,27,29)/t18-/m0/s1. The first kappa shape index (κ1) is 22.0. The molecular formula is C25H21FN4O3S. The monoisotopic (exact) mass is 476 g/mol. The van der Waals surface area contributed by atoms with E-state index in [9.17, 15) is 13.5 Å². The Hall–Kier alpha value is -3.82. The SMILES string of the molecule is Nc1cnc(-c2ccc(-c3ccccc3S(=O)(=O)N3c4ccccc4C[C@H]3CO)cc2F)cn1. The van der Waals surface area contributed by atoms with Crippen molar-refractivity contribution >= 4 is 21.5 Å². The van der Waals surface area contributed by atoms with Gasteiger partial charge in [-0.05, 0) is 41.8 Å². The van der Waals surface area contributed by atoms with Crippen molar-refractivity contribution in [2.75, 3.05) is 16.6 Å². The van der Waals surface area contributed by atoms with Crippen LogP contribution < -0.4 is 10.0 Å². The fourth-order valence-corrected chi connectivity index (χ4v) is 6.20. The summed E-state index contributed by atoms with van der Waals surface area (Å²) in [5.74, 6) is -0.340. The summed E-state index contributed by atoms with van der Waals surface area (Å²) in [6.07, 6.45) is 3.14. The number of rotatable bonds is 5. The van der Waals surface area contributed by atoms with Crippen molar-refractivity contribution in [3.05, 3.63) is 90.5 Å². The highest BCUT2D eigenvalue weighted by Gasteiger charge is 2.39. The smallest absolute Gasteiger partial charge is 0.265 e. The van der Waals surface area contributed by atoms with Crippen molar-refractivity contribution in [2.45, 2.75) is 17.4 Å². The minimum absolute atomic E-state index is 0.0320. The first-order chi connectivity index (χ1) is 16.4. The predicted molar refractivity (Wildman–Crippen MR) is 128 cm³/mol. The quantitative estimate of drug-likeness (QED) is 0.455. The first-order valence-corrected chi connectivity index (χ1v) is 12.0. The third-order valence-corrected chi connectivity index (χ3v) is 7.80. The number of aliphatic hydroxyl groups excluding tert-OH is 1. The summed E-state index contributed by atoms with van der Waals surface area (Å²) in [7, 11) is -4.06. The van der Waals surface area contributed by atoms with Crippen molar-refractivity contribution in [1.29, 1.82) is 0 Å². The molecule has 0 aliphatic carbocycles. The van der Waals surface area contributed by atoms with E-state index in [1.165, 1.54) is 34.9 Å². The molecule has 0 amide bonds. The lowest BCUT2D eigenvalue weighted by molar-refractivity contribution is 0.270. The van der Waals surface area contributed by atoms with Gasteiger partial charge in [-0.3, -0.25) is 9.29 Å². The topological polar surface area (TPSA) is 109 Å². The molecule has 4 aromatic rings. The van der Waals surface area contributed by atoms with Crippen LogP contribution in [0.1, 0.15) is 5.56 Å². The van der Waals surface area contributed by atoms with Gasteiger partial charge in [0.05, 0.1) is 41.3 Å². The highest BCUT2D eigenvalue weighted by atomic mass is 32.2. The van der Waals surface area contributed by atoms with Crippen LogP contribution in [0.3, 0.4) is 0 Å². The van der Waals surface area contributed by atoms with Gasteiger partial charge in [-0.15, -0.1) is 0 Å². The van der Waals surface area contributed by atoms with Gasteiger partial charge in [-0.2, -0.15) is 0 Å². The van der Waals surface area contributed by atoms with Gasteiger partial charge in [0.1, 0.15) is 11.6 Å². The summed E-state index contributed by atoms with van der Waals surface area (Å²) < 4.78 is 44.1. The van der Waals surface area contributed by atoms with E-state index in [4.69, 9.17) is 5.73 Å². The van der Waals surface area contributed by atoms with Crippen molar-refractivity contribution in [2.24, 2.45) is 0 Å². The molecule has 1 atom stereocenters. The fraction of sp³-hybridized carbons (Fsp3) is 0.120. The third-order valence-electron chi connectivity index (χ3n) is 5.88. The summed E-state index contributed by atoms with van der Waals surface area (Å²) in [6.45, 7) is -0.317. The van der Waals surface area contributed by atoms with Gasteiger partial charge in [0.15, 0.2) is 0 Å². The van der Waals surface area contributed by atoms with E-state index >= 15 is 4.39 Å². The second-order valence-corrected chi connectivity index (χ2v) is 9.77. The highest BCUT2D eigenvalue weighted by molar-refractivity contribution is 7.93. The summed E-state index contributed by atoms with van der Waals surface area (Å²) in [6, 6.07) is 17.5. The van der Waals surface area contributed by atoms with Crippen molar-refractivity contribution in [3.8, 4) is 22.4 Å². The Bertz CT molecular complexity index is 1480. The third kappa shape index (κ3) is 3.68. The minimum Gasteiger partial charge on any atom is -0.394 e. The van der Waals surface area contributed by atoms with Gasteiger partial charge in [0, 0.05) is 11.1 Å². The number of nitrogen functional groups attached to an aromatic ring is 1. The molecule has 0 bridgehead atoms. The number of halogens is 1. The van der Waals surface area contributed by atoms with Gasteiger partial charge in [-0.25, -0.2) is 17.8 Å². The van der Waals surface area contributed by atoms with Gasteiger partial charge >= 0.3 is 0 Å². The van der Waals surface area contributed by atoms with Crippen LogP contribution in [-0.2, 0) is 16.4 Å². The number of nitrogens with two attached hydrogens (primary N) is 1. The maximum absolute atomic E-state index is 15.1. The van der Waals surface area contributed by atoms with Crippen LogP contribution in [0.2, 0.25) is 0 Å². The Morgan fingerprint density at radius 1 is 1.00 bits per heavy atom. The van der Waals surface area contributed by atoms with E-state index in [0.717, 1.165) is 5.56 Å². The van der Waals surface area contributed by atoms with Gasteiger partial charge < -0.3 is 10.8 Å². The molecule has 0 saturated heterocycles. The molecular weight excluding hydrogens is 455 g/mol. The Balaban J connectivity index is 1.59. The second kappa shape index (κ2) is 8.51. The molecule has 1 aliphatic heterocycles. The van der Waals surface area contributed by atoms with Crippen LogP contribution in [0.25, 0.3) is 22.4 Å². The zero-order chi connectivity index (χ0) is 23.9. The van der Waals surface area contributed by atoms with E-state index in [1.54, 1.807) is 36.4 Å². The Kier molecular flexibility index (Phi) is 5.51. The Morgan fingerprint density at radius 3 is 2.50 bits per heavy atom. The number of nitrogens with zero attached hydrogens (tertiary/aromatic N) is 3. The molecule has 0 saturated carbocycles. The van der Waals surface area contributed by atoms with Crippen LogP contribution in [0.5, 0.6) is 0 Å². The van der Waals surface area contributed by atoms with Crippen LogP contribution in [0.4, 0.5) is 15.9 Å². The molecule has 9 heteroatoms. The van der Waals surface area contributed by atoms with E-state index in [2.05, 4.69) is 9.97 Å². The minimum atomic E-state index is -4.06. The lowest BCUT2D eigenvalue weighted by atomic mass is 10.0. The lowest BCUT2D eigenvalue weighted by Crippen LogP contribution is -2.40. The van der Waals surface area contributed by atoms with Gasteiger partial charge in [0.2, 0.25) is 0 Å². The molecule has 3 aromatic carbocycles. The first-order valence-electron chi connectivity index (χ1n) is 10.6. The summed E-state index contributed by atoms with van der Waals surface area (Å²) in [5, 5.41) is 9.92. The van der Waals surface area contributed by atoms with E-state index < -0.39 is 21.9 Å². The van der Waals surface area contributed by atoms with Crippen molar-refractivity contribution in [1.82, 2.24) is 9.97 Å². The molecule has 34 heavy (non-hydrogen) atoms. The number of sulfonamides is 1. The molecule has 3 N–H and O–H groups in total. The number of benzene rings is 3. The molecule has 5 rings (SSSR count). The normalized spacial score (nSPS) is 15.4. The molecule has 7 nitrogen and oxygen atoms in total. The van der Waals surface area contributed by atoms with E-state index in [1.807, 2.05) is 12.1 Å². The summed E-state index contributed by atoms with van der Waals surface area (Å²) in [4.78, 5) is 8.08. The summed E-state index contributed by atoms with van der Waals surface area (Å²) >= 11 is 0. The fourth-order valence-electron chi connectivity index (χ4n) is 4.30. The number of hydrogen-bond donors (Lipinski definition) is 2. The van der Waals surface area contributed by atoms with E-state index in [0.29, 0.717) is 28.9 Å². The van der Waals surface area contributed by atoms with Crippen molar-refractivity contribution < 1.29 is 17.9 Å². The van der Waals surface area contributed by atoms with Crippen LogP contribution >= 0.6 is 0 Å². The largest absolute Gasteiger partial charge is 0.394 e. The maximum Gasteiger partial charge on any atom is 0.265 e. The number of aliphatic hydroxyl groups is 1. The van der Waals surface area contributed by atoms with Crippen LogP contribution in [0.15, 0.2) is 84.0 Å². The Labute approximate surface area is 196 Å². The molecule has 0 unspecified atom stereocenters. The van der Waals surface area contributed by atoms with Gasteiger partial charge in [-0.1, -0.05) is 42.5 Å². The average Bonchev–Trinajstić information content (AvgIpc) is 3.24. The number of hydrogen-bond acceptors (Lipinski definition) is 6. The van der Waals surface area contributed by atoms with Crippen molar-refractivity contribution in [3.63, 3.8) is 0 Å². The molecule has 1 aromatic heterocycles. The number of fused-ring (bicyclic) bond motifs is 1. The zero-order valence-electron chi connectivity index (χ0n) is 18.0. The van der Waals surface area contributed by atoms with Gasteiger partial charge in [0.25, 0.3) is 10.0 Å². The molecule has 1 aliphatic rings. The molecule has 2 heterocycles. The van der Waals surface area contributed by atoms with Crippen LogP contribution in [0, 0.1) is 5.82 Å². The number of aromatic nitrogens is 2. The highest BCUT2D eigenvalue weighted by Crippen LogP contribution is 2.39. The number of para-hydroxylation sites is 1. The molecule has 0 radical (unpaired) electrons. The Morgan fingerprint density at radius 2 is 1.76 bits per heavy atom. The molecule has 0 spiro atoms. The predicted octanol–water partition coefficient (Wildman–Crippen LogP) is 3.64. The average molecular weight is 477 g/mol.